The molecule has 7 nitrogen and oxygen atoms in total. The molecule has 0 N–H and O–H groups in total. The Kier molecular flexibility index (Phi) is 8.67. The summed E-state index contributed by atoms with van der Waals surface area (Å²) in [4.78, 5) is 22.7. The van der Waals surface area contributed by atoms with Crippen molar-refractivity contribution in [1.82, 2.24) is 0 Å². The van der Waals surface area contributed by atoms with Gasteiger partial charge < -0.3 is 23.7 Å². The van der Waals surface area contributed by atoms with Gasteiger partial charge in [-0.1, -0.05) is 76.2 Å². The van der Waals surface area contributed by atoms with E-state index in [1.54, 1.807) is 24.3 Å². The largest absolute Gasteiger partial charge is 0.513 e. The zero-order valence-corrected chi connectivity index (χ0v) is 24.1. The fourth-order valence-electron chi connectivity index (χ4n) is 4.50. The molecule has 41 heavy (non-hydrogen) atoms. The summed E-state index contributed by atoms with van der Waals surface area (Å²) in [6.45, 7) is 8.55. The SMILES string of the molecule is COC(=O)Oc1ccc(C(C)(C)c2ccc(Oc3ccc(C(C)(C)c4ccc(OC(=O)OC)cc4)cc3)cc2)cc1. The van der Waals surface area contributed by atoms with Gasteiger partial charge in [-0.25, -0.2) is 9.59 Å². The van der Waals surface area contributed by atoms with Crippen molar-refractivity contribution in [3.63, 3.8) is 0 Å². The Labute approximate surface area is 240 Å². The van der Waals surface area contributed by atoms with Crippen LogP contribution in [0.5, 0.6) is 23.0 Å². The number of benzene rings is 4. The predicted molar refractivity (Wildman–Crippen MR) is 156 cm³/mol. The summed E-state index contributed by atoms with van der Waals surface area (Å²) < 4.78 is 25.4. The first kappa shape index (κ1) is 29.2. The Morgan fingerprint density at radius 3 is 0.927 bits per heavy atom. The Morgan fingerprint density at radius 2 is 0.683 bits per heavy atom. The minimum absolute atomic E-state index is 0.279. The summed E-state index contributed by atoms with van der Waals surface area (Å²) >= 11 is 0. The number of carbonyl (C=O) groups is 2. The van der Waals surface area contributed by atoms with Crippen LogP contribution in [0.1, 0.15) is 49.9 Å². The highest BCUT2D eigenvalue weighted by Crippen LogP contribution is 2.36. The van der Waals surface area contributed by atoms with Crippen molar-refractivity contribution in [2.45, 2.75) is 38.5 Å². The average Bonchev–Trinajstić information content (AvgIpc) is 2.98. The molecule has 7 heteroatoms. The minimum Gasteiger partial charge on any atom is -0.457 e. The van der Waals surface area contributed by atoms with Gasteiger partial charge in [0.2, 0.25) is 0 Å². The smallest absolute Gasteiger partial charge is 0.457 e. The van der Waals surface area contributed by atoms with Gasteiger partial charge in [0, 0.05) is 10.8 Å². The molecule has 0 atom stereocenters. The van der Waals surface area contributed by atoms with Crippen LogP contribution in [-0.2, 0) is 20.3 Å². The molecule has 0 aliphatic carbocycles. The average molecular weight is 555 g/mol. The molecule has 0 saturated carbocycles. The fraction of sp³-hybridized carbons (Fsp3) is 0.235. The molecule has 0 unspecified atom stereocenters. The summed E-state index contributed by atoms with van der Waals surface area (Å²) in [5, 5.41) is 0. The summed E-state index contributed by atoms with van der Waals surface area (Å²) in [7, 11) is 2.55. The van der Waals surface area contributed by atoms with Gasteiger partial charge in [0.15, 0.2) is 0 Å². The maximum absolute atomic E-state index is 11.3. The van der Waals surface area contributed by atoms with E-state index in [1.165, 1.54) is 14.2 Å². The van der Waals surface area contributed by atoms with Gasteiger partial charge in [-0.3, -0.25) is 0 Å². The highest BCUT2D eigenvalue weighted by molar-refractivity contribution is 5.64. The second-order valence-corrected chi connectivity index (χ2v) is 10.6. The highest BCUT2D eigenvalue weighted by Gasteiger charge is 2.25. The maximum Gasteiger partial charge on any atom is 0.513 e. The molecule has 0 radical (unpaired) electrons. The number of rotatable bonds is 8. The first-order chi connectivity index (χ1) is 19.5. The minimum atomic E-state index is -0.746. The lowest BCUT2D eigenvalue weighted by atomic mass is 9.78. The Bertz CT molecular complexity index is 1350. The Hall–Kier alpha value is -4.78. The Morgan fingerprint density at radius 1 is 0.439 bits per heavy atom. The van der Waals surface area contributed by atoms with E-state index in [-0.39, 0.29) is 10.8 Å². The number of methoxy groups -OCH3 is 2. The van der Waals surface area contributed by atoms with Gasteiger partial charge in [0.1, 0.15) is 23.0 Å². The van der Waals surface area contributed by atoms with Crippen molar-refractivity contribution >= 4 is 12.3 Å². The standard InChI is InChI=1S/C34H34O7/c1-33(2,25-11-19-29(20-12-25)40-31(35)37-5)23-7-15-27(16-8-23)39-28-17-9-24(10-18-28)34(3,4)26-13-21-30(22-14-26)41-32(36)38-6/h7-22H,1-6H3. The number of hydrogen-bond donors (Lipinski definition) is 0. The first-order valence-corrected chi connectivity index (χ1v) is 13.1. The molecular weight excluding hydrogens is 520 g/mol. The zero-order chi connectivity index (χ0) is 29.6. The van der Waals surface area contributed by atoms with Crippen LogP contribution in [0.25, 0.3) is 0 Å². The van der Waals surface area contributed by atoms with E-state index in [4.69, 9.17) is 14.2 Å². The van der Waals surface area contributed by atoms with Gasteiger partial charge in [0.05, 0.1) is 14.2 Å². The van der Waals surface area contributed by atoms with E-state index in [1.807, 2.05) is 48.5 Å². The topological polar surface area (TPSA) is 80.3 Å². The van der Waals surface area contributed by atoms with Crippen molar-refractivity contribution in [2.24, 2.45) is 0 Å². The van der Waals surface area contributed by atoms with Crippen LogP contribution >= 0.6 is 0 Å². The van der Waals surface area contributed by atoms with Gasteiger partial charge in [-0.15, -0.1) is 0 Å². The lowest BCUT2D eigenvalue weighted by molar-refractivity contribution is 0.120. The van der Waals surface area contributed by atoms with Crippen molar-refractivity contribution in [1.29, 1.82) is 0 Å². The van der Waals surface area contributed by atoms with Crippen LogP contribution in [0.15, 0.2) is 97.1 Å². The molecule has 4 rings (SSSR count). The third-order valence-electron chi connectivity index (χ3n) is 7.28. The van der Waals surface area contributed by atoms with Gasteiger partial charge in [0.25, 0.3) is 0 Å². The van der Waals surface area contributed by atoms with Crippen molar-refractivity contribution < 1.29 is 33.3 Å². The summed E-state index contributed by atoms with van der Waals surface area (Å²) in [6, 6.07) is 30.8. The lowest BCUT2D eigenvalue weighted by Gasteiger charge is -2.27. The second-order valence-electron chi connectivity index (χ2n) is 10.6. The molecule has 0 aliphatic heterocycles. The number of carbonyl (C=O) groups excluding carboxylic acids is 2. The molecule has 4 aromatic rings. The van der Waals surface area contributed by atoms with Crippen LogP contribution in [-0.4, -0.2) is 26.5 Å². The van der Waals surface area contributed by atoms with E-state index in [9.17, 15) is 9.59 Å². The maximum atomic E-state index is 11.3. The third kappa shape index (κ3) is 6.87. The van der Waals surface area contributed by atoms with Crippen LogP contribution in [0.4, 0.5) is 9.59 Å². The van der Waals surface area contributed by atoms with E-state index >= 15 is 0 Å². The molecular formula is C34H34O7. The molecule has 0 spiro atoms. The molecule has 4 aromatic carbocycles. The van der Waals surface area contributed by atoms with Crippen LogP contribution in [0.3, 0.4) is 0 Å². The van der Waals surface area contributed by atoms with Gasteiger partial charge in [-0.2, -0.15) is 0 Å². The van der Waals surface area contributed by atoms with Crippen LogP contribution in [0, 0.1) is 0 Å². The summed E-state index contributed by atoms with van der Waals surface area (Å²) in [5.74, 6) is 2.33. The third-order valence-corrected chi connectivity index (χ3v) is 7.28. The van der Waals surface area contributed by atoms with Gasteiger partial charge >= 0.3 is 12.3 Å². The molecule has 0 fully saturated rings. The monoisotopic (exact) mass is 554 g/mol. The van der Waals surface area contributed by atoms with Gasteiger partial charge in [-0.05, 0) is 70.8 Å². The van der Waals surface area contributed by atoms with E-state index < -0.39 is 12.3 Å². The Balaban J connectivity index is 1.42. The molecule has 0 saturated heterocycles. The summed E-state index contributed by atoms with van der Waals surface area (Å²) in [6.07, 6.45) is -1.49. The predicted octanol–water partition coefficient (Wildman–Crippen LogP) is 8.42. The normalized spacial score (nSPS) is 11.4. The van der Waals surface area contributed by atoms with Crippen molar-refractivity contribution in [3.05, 3.63) is 119 Å². The molecule has 0 bridgehead atoms. The van der Waals surface area contributed by atoms with E-state index in [2.05, 4.69) is 61.4 Å². The molecule has 0 aliphatic rings. The zero-order valence-electron chi connectivity index (χ0n) is 24.1. The highest BCUT2D eigenvalue weighted by atomic mass is 16.7. The van der Waals surface area contributed by atoms with Crippen LogP contribution < -0.4 is 14.2 Å². The second kappa shape index (κ2) is 12.2. The van der Waals surface area contributed by atoms with Crippen molar-refractivity contribution in [2.75, 3.05) is 14.2 Å². The fourth-order valence-corrected chi connectivity index (χ4v) is 4.50. The molecule has 0 amide bonds. The lowest BCUT2D eigenvalue weighted by Crippen LogP contribution is -2.19. The van der Waals surface area contributed by atoms with Crippen molar-refractivity contribution in [3.8, 4) is 23.0 Å². The molecule has 212 valence electrons. The number of ether oxygens (including phenoxy) is 5. The molecule has 0 heterocycles. The van der Waals surface area contributed by atoms with E-state index in [0.29, 0.717) is 11.5 Å². The first-order valence-electron chi connectivity index (χ1n) is 13.1. The molecule has 0 aromatic heterocycles. The van der Waals surface area contributed by atoms with Crippen LogP contribution in [0.2, 0.25) is 0 Å². The summed E-state index contributed by atoms with van der Waals surface area (Å²) in [5.41, 5.74) is 3.83. The number of hydrogen-bond acceptors (Lipinski definition) is 7. The van der Waals surface area contributed by atoms with E-state index in [0.717, 1.165) is 33.8 Å². The quantitative estimate of drug-likeness (QED) is 0.160.